The second kappa shape index (κ2) is 10.7. The van der Waals surface area contributed by atoms with Crippen molar-refractivity contribution in [3.63, 3.8) is 0 Å². The van der Waals surface area contributed by atoms with Gasteiger partial charge < -0.3 is 15.0 Å². The molecule has 0 amide bonds. The van der Waals surface area contributed by atoms with E-state index >= 15 is 0 Å². The SMILES string of the molecule is Cc1ccc2c(OCCN3CCC(Cc4cccc(N5CCN[C@@H](C)C5)c4)CC3)cccc2n1. The molecule has 0 aliphatic carbocycles. The van der Waals surface area contributed by atoms with E-state index < -0.39 is 0 Å². The molecule has 34 heavy (non-hydrogen) atoms. The minimum absolute atomic E-state index is 0.562. The van der Waals surface area contributed by atoms with Crippen LogP contribution < -0.4 is 15.0 Å². The first-order chi connectivity index (χ1) is 16.6. The number of hydrogen-bond acceptors (Lipinski definition) is 5. The molecule has 5 rings (SSSR count). The summed E-state index contributed by atoms with van der Waals surface area (Å²) in [4.78, 5) is 9.70. The van der Waals surface area contributed by atoms with Crippen LogP contribution in [0.5, 0.6) is 5.75 Å². The van der Waals surface area contributed by atoms with Crippen LogP contribution >= 0.6 is 0 Å². The van der Waals surface area contributed by atoms with E-state index in [1.165, 1.54) is 43.6 Å². The Balaban J connectivity index is 1.08. The van der Waals surface area contributed by atoms with Gasteiger partial charge in [-0.3, -0.25) is 9.88 Å². The van der Waals surface area contributed by atoms with Crippen molar-refractivity contribution in [2.75, 3.05) is 50.8 Å². The van der Waals surface area contributed by atoms with Gasteiger partial charge in [-0.25, -0.2) is 0 Å². The predicted octanol–water partition coefficient (Wildman–Crippen LogP) is 4.67. The third-order valence-corrected chi connectivity index (χ3v) is 7.37. The molecule has 5 nitrogen and oxygen atoms in total. The van der Waals surface area contributed by atoms with E-state index in [4.69, 9.17) is 4.74 Å². The minimum Gasteiger partial charge on any atom is -0.492 e. The summed E-state index contributed by atoms with van der Waals surface area (Å²) in [6, 6.07) is 20.1. The number of aryl methyl sites for hydroxylation is 1. The highest BCUT2D eigenvalue weighted by Crippen LogP contribution is 2.26. The summed E-state index contributed by atoms with van der Waals surface area (Å²) < 4.78 is 6.17. The smallest absolute Gasteiger partial charge is 0.128 e. The quantitative estimate of drug-likeness (QED) is 0.557. The first-order valence-electron chi connectivity index (χ1n) is 12.9. The van der Waals surface area contributed by atoms with Gasteiger partial charge >= 0.3 is 0 Å². The van der Waals surface area contributed by atoms with Gasteiger partial charge in [0.25, 0.3) is 0 Å². The van der Waals surface area contributed by atoms with Gasteiger partial charge in [0, 0.05) is 49.0 Å². The summed E-state index contributed by atoms with van der Waals surface area (Å²) in [6.07, 6.45) is 3.74. The number of hydrogen-bond donors (Lipinski definition) is 1. The van der Waals surface area contributed by atoms with E-state index in [0.717, 1.165) is 61.1 Å². The summed E-state index contributed by atoms with van der Waals surface area (Å²) >= 11 is 0. The van der Waals surface area contributed by atoms with Crippen molar-refractivity contribution in [1.29, 1.82) is 0 Å². The molecule has 0 bridgehead atoms. The molecule has 0 spiro atoms. The molecule has 2 aliphatic heterocycles. The number of anilines is 1. The van der Waals surface area contributed by atoms with Crippen LogP contribution in [-0.4, -0.2) is 61.8 Å². The normalized spacial score (nSPS) is 20.1. The van der Waals surface area contributed by atoms with E-state index in [2.05, 4.69) is 75.6 Å². The van der Waals surface area contributed by atoms with Crippen LogP contribution in [0.15, 0.2) is 54.6 Å². The third kappa shape index (κ3) is 5.70. The lowest BCUT2D eigenvalue weighted by Crippen LogP contribution is -2.49. The Morgan fingerprint density at radius 2 is 1.88 bits per heavy atom. The maximum atomic E-state index is 6.17. The fraction of sp³-hybridized carbons (Fsp3) is 0.483. The average Bonchev–Trinajstić information content (AvgIpc) is 2.85. The van der Waals surface area contributed by atoms with Crippen LogP contribution in [0.2, 0.25) is 0 Å². The first kappa shape index (κ1) is 23.1. The Hall–Kier alpha value is -2.63. The molecule has 2 saturated heterocycles. The molecule has 1 atom stereocenters. The molecule has 2 aliphatic rings. The predicted molar refractivity (Wildman–Crippen MR) is 141 cm³/mol. The van der Waals surface area contributed by atoms with Crippen LogP contribution in [0, 0.1) is 12.8 Å². The van der Waals surface area contributed by atoms with Gasteiger partial charge in [0.1, 0.15) is 12.4 Å². The number of nitrogens with zero attached hydrogens (tertiary/aromatic N) is 3. The summed E-state index contributed by atoms with van der Waals surface area (Å²) in [5, 5.41) is 4.64. The molecule has 3 aromatic rings. The number of piperazine rings is 1. The van der Waals surface area contributed by atoms with Crippen LogP contribution in [0.4, 0.5) is 5.69 Å². The van der Waals surface area contributed by atoms with Crippen LogP contribution in [0.1, 0.15) is 31.0 Å². The van der Waals surface area contributed by atoms with Crippen LogP contribution in [-0.2, 0) is 6.42 Å². The largest absolute Gasteiger partial charge is 0.492 e. The van der Waals surface area contributed by atoms with E-state index in [1.807, 2.05) is 13.0 Å². The molecule has 180 valence electrons. The molecule has 1 aromatic heterocycles. The van der Waals surface area contributed by atoms with Crippen LogP contribution in [0.25, 0.3) is 10.9 Å². The molecular formula is C29H38N4O. The van der Waals surface area contributed by atoms with Gasteiger partial charge in [-0.05, 0) is 94.1 Å². The topological polar surface area (TPSA) is 40.6 Å². The highest BCUT2D eigenvalue weighted by atomic mass is 16.5. The summed E-state index contributed by atoms with van der Waals surface area (Å²) in [5.41, 5.74) is 4.93. The van der Waals surface area contributed by atoms with E-state index in [9.17, 15) is 0 Å². The summed E-state index contributed by atoms with van der Waals surface area (Å²) in [7, 11) is 0. The lowest BCUT2D eigenvalue weighted by Gasteiger charge is -2.34. The first-order valence-corrected chi connectivity index (χ1v) is 12.9. The minimum atomic E-state index is 0.562. The molecule has 0 radical (unpaired) electrons. The lowest BCUT2D eigenvalue weighted by molar-refractivity contribution is 0.155. The monoisotopic (exact) mass is 458 g/mol. The van der Waals surface area contributed by atoms with E-state index in [-0.39, 0.29) is 0 Å². The van der Waals surface area contributed by atoms with Crippen molar-refractivity contribution in [1.82, 2.24) is 15.2 Å². The number of likely N-dealkylation sites (tertiary alicyclic amines) is 1. The second-order valence-corrected chi connectivity index (χ2v) is 10.1. The number of ether oxygens (including phenoxy) is 1. The zero-order valence-electron chi connectivity index (χ0n) is 20.7. The number of piperidine rings is 1. The molecule has 1 N–H and O–H groups in total. The van der Waals surface area contributed by atoms with Gasteiger partial charge in [0.05, 0.1) is 5.52 Å². The van der Waals surface area contributed by atoms with E-state index in [0.29, 0.717) is 6.04 Å². The second-order valence-electron chi connectivity index (χ2n) is 10.1. The van der Waals surface area contributed by atoms with Crippen molar-refractivity contribution >= 4 is 16.6 Å². The summed E-state index contributed by atoms with van der Waals surface area (Å²) in [5.74, 6) is 1.72. The van der Waals surface area contributed by atoms with Crippen molar-refractivity contribution < 1.29 is 4.74 Å². The molecule has 5 heteroatoms. The van der Waals surface area contributed by atoms with Crippen molar-refractivity contribution in [3.8, 4) is 5.75 Å². The Labute approximate surface area is 204 Å². The maximum Gasteiger partial charge on any atom is 0.128 e. The third-order valence-electron chi connectivity index (χ3n) is 7.37. The molecule has 3 heterocycles. The van der Waals surface area contributed by atoms with Crippen molar-refractivity contribution in [3.05, 3.63) is 65.9 Å². The maximum absolute atomic E-state index is 6.17. The van der Waals surface area contributed by atoms with Crippen molar-refractivity contribution in [2.24, 2.45) is 5.92 Å². The zero-order valence-corrected chi connectivity index (χ0v) is 20.7. The number of aromatic nitrogens is 1. The Kier molecular flexibility index (Phi) is 7.31. The fourth-order valence-electron chi connectivity index (χ4n) is 5.43. The number of nitrogens with one attached hydrogen (secondary N) is 1. The van der Waals surface area contributed by atoms with Gasteiger partial charge in [-0.15, -0.1) is 0 Å². The lowest BCUT2D eigenvalue weighted by atomic mass is 9.90. The van der Waals surface area contributed by atoms with Gasteiger partial charge in [-0.1, -0.05) is 18.2 Å². The average molecular weight is 459 g/mol. The highest BCUT2D eigenvalue weighted by molar-refractivity contribution is 5.85. The zero-order chi connectivity index (χ0) is 23.3. The van der Waals surface area contributed by atoms with Gasteiger partial charge in [0.2, 0.25) is 0 Å². The highest BCUT2D eigenvalue weighted by Gasteiger charge is 2.21. The van der Waals surface area contributed by atoms with E-state index in [1.54, 1.807) is 0 Å². The standard InChI is InChI=1S/C29H38N4O/c1-22-9-10-27-28(31-22)7-4-8-29(27)34-18-17-32-14-11-24(12-15-32)19-25-5-3-6-26(20-25)33-16-13-30-23(2)21-33/h3-10,20,23-24,30H,11-19,21H2,1-2H3/t23-/m0/s1. The van der Waals surface area contributed by atoms with Crippen LogP contribution in [0.3, 0.4) is 0 Å². The Morgan fingerprint density at radius 1 is 1.03 bits per heavy atom. The van der Waals surface area contributed by atoms with Gasteiger partial charge in [-0.2, -0.15) is 0 Å². The Morgan fingerprint density at radius 3 is 2.74 bits per heavy atom. The fourth-order valence-corrected chi connectivity index (χ4v) is 5.43. The van der Waals surface area contributed by atoms with Gasteiger partial charge in [0.15, 0.2) is 0 Å². The number of fused-ring (bicyclic) bond motifs is 1. The Bertz CT molecular complexity index is 1090. The molecule has 0 saturated carbocycles. The molecule has 2 fully saturated rings. The number of rotatable bonds is 7. The molecule has 0 unspecified atom stereocenters. The number of pyridine rings is 1. The summed E-state index contributed by atoms with van der Waals surface area (Å²) in [6.45, 7) is 11.6. The van der Waals surface area contributed by atoms with Crippen molar-refractivity contribution in [2.45, 2.75) is 39.2 Å². The molecule has 2 aromatic carbocycles. The molecular weight excluding hydrogens is 420 g/mol. The number of benzene rings is 2.